The van der Waals surface area contributed by atoms with E-state index in [1.165, 1.54) is 6.07 Å². The molecule has 6 heteroatoms. The first-order valence-corrected chi connectivity index (χ1v) is 8.00. The van der Waals surface area contributed by atoms with Gasteiger partial charge in [-0.25, -0.2) is 4.39 Å². The third kappa shape index (κ3) is 4.42. The number of ether oxygens (including phenoxy) is 1. The van der Waals surface area contributed by atoms with Gasteiger partial charge in [-0.2, -0.15) is 0 Å². The lowest BCUT2D eigenvalue weighted by Crippen LogP contribution is -2.37. The van der Waals surface area contributed by atoms with Crippen molar-refractivity contribution in [1.29, 1.82) is 0 Å². The van der Waals surface area contributed by atoms with Crippen LogP contribution in [0.4, 0.5) is 4.39 Å². The number of hydrogen-bond donors (Lipinski definition) is 1. The zero-order chi connectivity index (χ0) is 17.0. The molecule has 1 aliphatic heterocycles. The molecule has 5 nitrogen and oxygen atoms in total. The summed E-state index contributed by atoms with van der Waals surface area (Å²) in [6, 6.07) is 3.45. The molecule has 1 N–H and O–H groups in total. The standard InChI is InChI=1S/C17H25FN2O3/c1-12(2)23-14-7-4-6-13(18)15(14)16(17(21)22)20-9-5-8-19(3)10-11-20/h4,6-7,12,16H,5,8-11H2,1-3H3,(H,21,22)/t16-/m0/s1. The van der Waals surface area contributed by atoms with E-state index < -0.39 is 17.8 Å². The van der Waals surface area contributed by atoms with Crippen LogP contribution < -0.4 is 4.74 Å². The minimum Gasteiger partial charge on any atom is -0.491 e. The third-order valence-corrected chi connectivity index (χ3v) is 4.00. The fourth-order valence-electron chi connectivity index (χ4n) is 2.93. The largest absolute Gasteiger partial charge is 0.491 e. The molecular weight excluding hydrogens is 299 g/mol. The number of aliphatic carboxylic acids is 1. The molecule has 0 unspecified atom stereocenters. The van der Waals surface area contributed by atoms with E-state index in [1.54, 1.807) is 12.1 Å². The average molecular weight is 324 g/mol. The number of benzene rings is 1. The molecule has 0 saturated carbocycles. The maximum atomic E-state index is 14.5. The van der Waals surface area contributed by atoms with Crippen LogP contribution in [-0.4, -0.2) is 60.2 Å². The summed E-state index contributed by atoms with van der Waals surface area (Å²) in [6.07, 6.45) is 0.704. The molecule has 1 saturated heterocycles. The van der Waals surface area contributed by atoms with E-state index in [9.17, 15) is 14.3 Å². The van der Waals surface area contributed by atoms with Gasteiger partial charge in [0.25, 0.3) is 0 Å². The molecular formula is C17H25FN2O3. The van der Waals surface area contributed by atoms with Gasteiger partial charge >= 0.3 is 5.97 Å². The number of rotatable bonds is 5. The first kappa shape index (κ1) is 17.7. The van der Waals surface area contributed by atoms with Crippen LogP contribution in [0.3, 0.4) is 0 Å². The van der Waals surface area contributed by atoms with E-state index in [0.717, 1.165) is 19.5 Å². The molecule has 1 atom stereocenters. The number of carbonyl (C=O) groups is 1. The fraction of sp³-hybridized carbons (Fsp3) is 0.588. The maximum Gasteiger partial charge on any atom is 0.325 e. The van der Waals surface area contributed by atoms with Crippen molar-refractivity contribution >= 4 is 5.97 Å². The van der Waals surface area contributed by atoms with E-state index in [1.807, 2.05) is 25.8 Å². The molecule has 0 spiro atoms. The highest BCUT2D eigenvalue weighted by atomic mass is 19.1. The lowest BCUT2D eigenvalue weighted by atomic mass is 10.0. The van der Waals surface area contributed by atoms with Gasteiger partial charge in [0.2, 0.25) is 0 Å². The molecule has 23 heavy (non-hydrogen) atoms. The van der Waals surface area contributed by atoms with Crippen LogP contribution in [0.15, 0.2) is 18.2 Å². The molecule has 1 heterocycles. The van der Waals surface area contributed by atoms with E-state index in [2.05, 4.69) is 4.90 Å². The van der Waals surface area contributed by atoms with Crippen LogP contribution in [0.2, 0.25) is 0 Å². The van der Waals surface area contributed by atoms with Gasteiger partial charge in [-0.1, -0.05) is 6.07 Å². The summed E-state index contributed by atoms with van der Waals surface area (Å²) in [7, 11) is 2.01. The second-order valence-corrected chi connectivity index (χ2v) is 6.25. The number of nitrogens with zero attached hydrogens (tertiary/aromatic N) is 2. The van der Waals surface area contributed by atoms with E-state index in [4.69, 9.17) is 4.74 Å². The van der Waals surface area contributed by atoms with Crippen LogP contribution in [0.1, 0.15) is 31.9 Å². The van der Waals surface area contributed by atoms with Gasteiger partial charge in [-0.15, -0.1) is 0 Å². The highest BCUT2D eigenvalue weighted by molar-refractivity contribution is 5.77. The van der Waals surface area contributed by atoms with E-state index >= 15 is 0 Å². The Morgan fingerprint density at radius 3 is 2.65 bits per heavy atom. The molecule has 128 valence electrons. The van der Waals surface area contributed by atoms with Gasteiger partial charge in [0.05, 0.1) is 11.7 Å². The van der Waals surface area contributed by atoms with Crippen LogP contribution >= 0.6 is 0 Å². The van der Waals surface area contributed by atoms with Crippen molar-refractivity contribution in [2.45, 2.75) is 32.4 Å². The zero-order valence-electron chi connectivity index (χ0n) is 14.0. The predicted molar refractivity (Wildman–Crippen MR) is 86.2 cm³/mol. The van der Waals surface area contributed by atoms with Crippen molar-refractivity contribution < 1.29 is 19.0 Å². The van der Waals surface area contributed by atoms with Gasteiger partial charge < -0.3 is 14.7 Å². The molecule has 2 rings (SSSR count). The Morgan fingerprint density at radius 2 is 2.00 bits per heavy atom. The fourth-order valence-corrected chi connectivity index (χ4v) is 2.93. The second kappa shape index (κ2) is 7.75. The Bertz CT molecular complexity index is 551. The van der Waals surface area contributed by atoms with Crippen molar-refractivity contribution in [2.75, 3.05) is 33.2 Å². The number of carboxylic acids is 1. The SMILES string of the molecule is CC(C)Oc1cccc(F)c1[C@@H](C(=O)O)N1CCCN(C)CC1. The molecule has 0 amide bonds. The Kier molecular flexibility index (Phi) is 5.96. The lowest BCUT2D eigenvalue weighted by Gasteiger charge is -2.29. The average Bonchev–Trinajstić information content (AvgIpc) is 2.66. The molecule has 0 radical (unpaired) electrons. The van der Waals surface area contributed by atoms with Crippen LogP contribution in [-0.2, 0) is 4.79 Å². The number of carboxylic acid groups (broad SMARTS) is 1. The quantitative estimate of drug-likeness (QED) is 0.901. The van der Waals surface area contributed by atoms with Gasteiger partial charge in [0, 0.05) is 19.6 Å². The number of hydrogen-bond acceptors (Lipinski definition) is 4. The lowest BCUT2D eigenvalue weighted by molar-refractivity contribution is -0.143. The minimum absolute atomic E-state index is 0.123. The van der Waals surface area contributed by atoms with Gasteiger partial charge in [-0.3, -0.25) is 9.69 Å². The molecule has 1 aliphatic rings. The normalized spacial score (nSPS) is 18.7. The Balaban J connectivity index is 2.39. The highest BCUT2D eigenvalue weighted by Gasteiger charge is 2.33. The van der Waals surface area contributed by atoms with E-state index in [-0.39, 0.29) is 11.7 Å². The van der Waals surface area contributed by atoms with E-state index in [0.29, 0.717) is 18.8 Å². The Labute approximate surface area is 136 Å². The minimum atomic E-state index is -1.05. The summed E-state index contributed by atoms with van der Waals surface area (Å²) in [5.41, 5.74) is 0.123. The van der Waals surface area contributed by atoms with Crippen molar-refractivity contribution in [3.05, 3.63) is 29.6 Å². The monoisotopic (exact) mass is 324 g/mol. The summed E-state index contributed by atoms with van der Waals surface area (Å²) < 4.78 is 20.1. The van der Waals surface area contributed by atoms with Gasteiger partial charge in [-0.05, 0) is 46.0 Å². The smallest absolute Gasteiger partial charge is 0.325 e. The summed E-state index contributed by atoms with van der Waals surface area (Å²) >= 11 is 0. The maximum absolute atomic E-state index is 14.5. The van der Waals surface area contributed by atoms with Crippen LogP contribution in [0, 0.1) is 5.82 Å². The van der Waals surface area contributed by atoms with Crippen molar-refractivity contribution in [3.63, 3.8) is 0 Å². The summed E-state index contributed by atoms with van der Waals surface area (Å²) in [5, 5.41) is 9.74. The van der Waals surface area contributed by atoms with Crippen molar-refractivity contribution in [3.8, 4) is 5.75 Å². The van der Waals surface area contributed by atoms with Gasteiger partial charge in [0.1, 0.15) is 17.6 Å². The molecule has 0 aliphatic carbocycles. The molecule has 1 aromatic carbocycles. The molecule has 0 bridgehead atoms. The van der Waals surface area contributed by atoms with Crippen LogP contribution in [0.25, 0.3) is 0 Å². The summed E-state index contributed by atoms with van der Waals surface area (Å²) in [6.45, 7) is 6.56. The number of likely N-dealkylation sites (N-methyl/N-ethyl adjacent to an activating group) is 1. The molecule has 1 fully saturated rings. The van der Waals surface area contributed by atoms with Crippen LogP contribution in [0.5, 0.6) is 5.75 Å². The third-order valence-electron chi connectivity index (χ3n) is 4.00. The Morgan fingerprint density at radius 1 is 1.26 bits per heavy atom. The highest BCUT2D eigenvalue weighted by Crippen LogP contribution is 2.33. The Hall–Kier alpha value is -1.66. The molecule has 0 aromatic heterocycles. The van der Waals surface area contributed by atoms with Gasteiger partial charge in [0.15, 0.2) is 0 Å². The summed E-state index contributed by atoms with van der Waals surface area (Å²) in [4.78, 5) is 15.9. The zero-order valence-corrected chi connectivity index (χ0v) is 14.0. The topological polar surface area (TPSA) is 53.0 Å². The predicted octanol–water partition coefficient (Wildman–Crippen LogP) is 2.38. The number of halogens is 1. The first-order valence-electron chi connectivity index (χ1n) is 8.00. The van der Waals surface area contributed by atoms with Crippen molar-refractivity contribution in [2.24, 2.45) is 0 Å². The summed E-state index contributed by atoms with van der Waals surface area (Å²) in [5.74, 6) is -1.27. The second-order valence-electron chi connectivity index (χ2n) is 6.25. The molecule has 1 aromatic rings. The van der Waals surface area contributed by atoms with Crippen molar-refractivity contribution in [1.82, 2.24) is 9.80 Å². The first-order chi connectivity index (χ1) is 10.9.